The molecule has 1 aromatic heterocycles. The minimum absolute atomic E-state index is 0.0331. The molecule has 1 heterocycles. The molecule has 0 bridgehead atoms. The maximum atomic E-state index is 11.0. The summed E-state index contributed by atoms with van der Waals surface area (Å²) in [6.45, 7) is 0.489. The smallest absolute Gasteiger partial charge is 0.168 e. The molecule has 1 aromatic carbocycles. The van der Waals surface area contributed by atoms with Crippen molar-refractivity contribution in [2.24, 2.45) is 0 Å². The third-order valence-electron chi connectivity index (χ3n) is 2.32. The summed E-state index contributed by atoms with van der Waals surface area (Å²) in [7, 11) is 0. The molecule has 4 heteroatoms. The summed E-state index contributed by atoms with van der Waals surface area (Å²) in [6, 6.07) is 11.8. The average Bonchev–Trinajstić information content (AvgIpc) is 2.38. The van der Waals surface area contributed by atoms with Crippen molar-refractivity contribution in [3.63, 3.8) is 0 Å². The Balaban J connectivity index is 2.02. The summed E-state index contributed by atoms with van der Waals surface area (Å²) in [5.41, 5.74) is 1.78. The van der Waals surface area contributed by atoms with Gasteiger partial charge in [0.15, 0.2) is 5.78 Å². The van der Waals surface area contributed by atoms with Crippen molar-refractivity contribution in [1.82, 2.24) is 4.98 Å². The fraction of sp³-hybridized carbons (Fsp3) is 0.231. The maximum absolute atomic E-state index is 11.0. The van der Waals surface area contributed by atoms with Crippen LogP contribution in [0.1, 0.15) is 5.69 Å². The van der Waals surface area contributed by atoms with E-state index in [4.69, 9.17) is 4.74 Å². The Kier molecular flexibility index (Phi) is 4.23. The number of Topliss-reactive ketones (excluding diaryl/α,β-unsaturated/α-hetero) is 1. The number of hydrogen-bond acceptors (Lipinski definition) is 3. The molecule has 0 saturated heterocycles. The number of fused-ring (bicyclic) bond motifs is 1. The lowest BCUT2D eigenvalue weighted by molar-refractivity contribution is -0.121. The number of aromatic nitrogens is 1. The molecule has 17 heavy (non-hydrogen) atoms. The number of benzene rings is 1. The summed E-state index contributed by atoms with van der Waals surface area (Å²) >= 11 is 3.09. The molecule has 0 unspecified atom stereocenters. The molecule has 0 atom stereocenters. The molecular weight excluding hydrogens is 282 g/mol. The van der Waals surface area contributed by atoms with Crippen LogP contribution in [0, 0.1) is 0 Å². The SMILES string of the molecule is O=C(CBr)COCc1ccc2ccccc2n1. The molecule has 88 valence electrons. The predicted octanol–water partition coefficient (Wildman–Crippen LogP) is 2.72. The highest BCUT2D eigenvalue weighted by atomic mass is 79.9. The molecule has 0 spiro atoms. The molecule has 0 saturated carbocycles. The van der Waals surface area contributed by atoms with E-state index in [1.807, 2.05) is 36.4 Å². The van der Waals surface area contributed by atoms with Crippen LogP contribution in [-0.4, -0.2) is 22.7 Å². The number of pyridine rings is 1. The summed E-state index contributed by atoms with van der Waals surface area (Å²) in [5.74, 6) is 0.0331. The first kappa shape index (κ1) is 12.2. The van der Waals surface area contributed by atoms with Gasteiger partial charge in [-0.3, -0.25) is 9.78 Å². The molecule has 2 rings (SSSR count). The standard InChI is InChI=1S/C13H12BrNO2/c14-7-12(16)9-17-8-11-6-5-10-3-1-2-4-13(10)15-11/h1-6H,7-9H2. The largest absolute Gasteiger partial charge is 0.367 e. The monoisotopic (exact) mass is 293 g/mol. The van der Waals surface area contributed by atoms with Crippen LogP contribution in [0.4, 0.5) is 0 Å². The third-order valence-corrected chi connectivity index (χ3v) is 2.94. The number of halogens is 1. The van der Waals surface area contributed by atoms with Gasteiger partial charge in [0.05, 0.1) is 23.1 Å². The van der Waals surface area contributed by atoms with Crippen LogP contribution in [0.3, 0.4) is 0 Å². The first-order valence-corrected chi connectivity index (χ1v) is 6.42. The van der Waals surface area contributed by atoms with Gasteiger partial charge in [0.2, 0.25) is 0 Å². The van der Waals surface area contributed by atoms with E-state index in [1.54, 1.807) is 0 Å². The number of ketones is 1. The normalized spacial score (nSPS) is 10.6. The van der Waals surface area contributed by atoms with Gasteiger partial charge in [-0.05, 0) is 12.1 Å². The van der Waals surface area contributed by atoms with Gasteiger partial charge >= 0.3 is 0 Å². The second-order valence-electron chi connectivity index (χ2n) is 3.66. The lowest BCUT2D eigenvalue weighted by Gasteiger charge is -2.03. The number of carbonyl (C=O) groups is 1. The van der Waals surface area contributed by atoms with Crippen molar-refractivity contribution in [1.29, 1.82) is 0 Å². The first-order chi connectivity index (χ1) is 8.29. The highest BCUT2D eigenvalue weighted by molar-refractivity contribution is 9.09. The summed E-state index contributed by atoms with van der Waals surface area (Å²) in [5, 5.41) is 1.44. The van der Waals surface area contributed by atoms with E-state index in [2.05, 4.69) is 20.9 Å². The van der Waals surface area contributed by atoms with E-state index in [-0.39, 0.29) is 12.4 Å². The van der Waals surface area contributed by atoms with Crippen molar-refractivity contribution >= 4 is 32.6 Å². The number of carbonyl (C=O) groups excluding carboxylic acids is 1. The van der Waals surface area contributed by atoms with Crippen molar-refractivity contribution < 1.29 is 9.53 Å². The average molecular weight is 294 g/mol. The van der Waals surface area contributed by atoms with Gasteiger partial charge in [0.25, 0.3) is 0 Å². The van der Waals surface area contributed by atoms with E-state index in [0.717, 1.165) is 16.6 Å². The van der Waals surface area contributed by atoms with Gasteiger partial charge in [-0.1, -0.05) is 40.2 Å². The number of nitrogens with zero attached hydrogens (tertiary/aromatic N) is 1. The minimum Gasteiger partial charge on any atom is -0.367 e. The number of rotatable bonds is 5. The van der Waals surface area contributed by atoms with Crippen molar-refractivity contribution in [2.75, 3.05) is 11.9 Å². The van der Waals surface area contributed by atoms with E-state index >= 15 is 0 Å². The Bertz CT molecular complexity index is 528. The molecule has 0 N–H and O–H groups in total. The fourth-order valence-electron chi connectivity index (χ4n) is 1.50. The maximum Gasteiger partial charge on any atom is 0.168 e. The second-order valence-corrected chi connectivity index (χ2v) is 4.22. The lowest BCUT2D eigenvalue weighted by Crippen LogP contribution is -2.09. The Hall–Kier alpha value is -1.26. The minimum atomic E-state index is 0.0331. The molecule has 0 aliphatic carbocycles. The van der Waals surface area contributed by atoms with Crippen molar-refractivity contribution in [2.45, 2.75) is 6.61 Å². The van der Waals surface area contributed by atoms with Gasteiger partial charge in [-0.25, -0.2) is 0 Å². The first-order valence-electron chi connectivity index (χ1n) is 5.29. The number of hydrogen-bond donors (Lipinski definition) is 0. The van der Waals surface area contributed by atoms with Crippen LogP contribution >= 0.6 is 15.9 Å². The Morgan fingerprint density at radius 1 is 1.24 bits per heavy atom. The molecule has 2 aromatic rings. The van der Waals surface area contributed by atoms with Crippen LogP contribution in [0.25, 0.3) is 10.9 Å². The molecule has 0 amide bonds. The van der Waals surface area contributed by atoms with E-state index in [0.29, 0.717) is 11.9 Å². The van der Waals surface area contributed by atoms with Crippen molar-refractivity contribution in [3.05, 3.63) is 42.1 Å². The van der Waals surface area contributed by atoms with Crippen LogP contribution in [-0.2, 0) is 16.1 Å². The molecule has 0 radical (unpaired) electrons. The van der Waals surface area contributed by atoms with Crippen molar-refractivity contribution in [3.8, 4) is 0 Å². The molecule has 0 aliphatic heterocycles. The zero-order chi connectivity index (χ0) is 12.1. The van der Waals surface area contributed by atoms with Gasteiger partial charge < -0.3 is 4.74 Å². The quantitative estimate of drug-likeness (QED) is 0.796. The molecule has 0 aliphatic rings. The second kappa shape index (κ2) is 5.89. The van der Waals surface area contributed by atoms with Gasteiger partial charge in [0.1, 0.15) is 6.61 Å². The van der Waals surface area contributed by atoms with E-state index in [9.17, 15) is 4.79 Å². The van der Waals surface area contributed by atoms with Crippen LogP contribution in [0.5, 0.6) is 0 Å². The van der Waals surface area contributed by atoms with Gasteiger partial charge in [0, 0.05) is 5.39 Å². The van der Waals surface area contributed by atoms with Crippen LogP contribution in [0.2, 0.25) is 0 Å². The van der Waals surface area contributed by atoms with Crippen LogP contribution in [0.15, 0.2) is 36.4 Å². The molecular formula is C13H12BrNO2. The number of ether oxygens (including phenoxy) is 1. The van der Waals surface area contributed by atoms with E-state index in [1.165, 1.54) is 0 Å². The number of para-hydroxylation sites is 1. The highest BCUT2D eigenvalue weighted by Gasteiger charge is 2.01. The third kappa shape index (κ3) is 3.35. The lowest BCUT2D eigenvalue weighted by atomic mass is 10.2. The topological polar surface area (TPSA) is 39.2 Å². The zero-order valence-electron chi connectivity index (χ0n) is 9.23. The fourth-order valence-corrected chi connectivity index (χ4v) is 1.66. The Morgan fingerprint density at radius 3 is 2.88 bits per heavy atom. The van der Waals surface area contributed by atoms with Gasteiger partial charge in [-0.15, -0.1) is 0 Å². The molecule has 3 nitrogen and oxygen atoms in total. The summed E-state index contributed by atoms with van der Waals surface area (Å²) in [4.78, 5) is 15.5. The van der Waals surface area contributed by atoms with Gasteiger partial charge in [-0.2, -0.15) is 0 Å². The Morgan fingerprint density at radius 2 is 2.06 bits per heavy atom. The van der Waals surface area contributed by atoms with Crippen LogP contribution < -0.4 is 0 Å². The summed E-state index contributed by atoms with van der Waals surface area (Å²) < 4.78 is 5.28. The zero-order valence-corrected chi connectivity index (χ0v) is 10.8. The Labute approximate surface area is 108 Å². The predicted molar refractivity (Wildman–Crippen MR) is 70.2 cm³/mol. The molecule has 0 fully saturated rings. The number of alkyl halides is 1. The van der Waals surface area contributed by atoms with E-state index < -0.39 is 0 Å². The summed E-state index contributed by atoms with van der Waals surface area (Å²) in [6.07, 6.45) is 0. The highest BCUT2D eigenvalue weighted by Crippen LogP contribution is 2.12.